The number of nitrogens with zero attached hydrogens (tertiary/aromatic N) is 2. The molecule has 0 aromatic heterocycles. The fourth-order valence-corrected chi connectivity index (χ4v) is 9.48. The van der Waals surface area contributed by atoms with Crippen LogP contribution in [0.25, 0.3) is 11.1 Å². The minimum Gasteiger partial charge on any atom is -0.277 e. The number of amides is 4. The van der Waals surface area contributed by atoms with Crippen molar-refractivity contribution in [2.45, 2.75) is 79.3 Å². The lowest BCUT2D eigenvalue weighted by atomic mass is 9.34. The molecule has 6 nitrogen and oxygen atoms in total. The highest BCUT2D eigenvalue weighted by atomic mass is 16.2. The van der Waals surface area contributed by atoms with Crippen LogP contribution in [0.4, 0.5) is 0 Å². The van der Waals surface area contributed by atoms with Gasteiger partial charge in [0.2, 0.25) is 23.6 Å². The average molecular weight is 567 g/mol. The Bertz CT molecular complexity index is 1370. The van der Waals surface area contributed by atoms with Gasteiger partial charge in [-0.1, -0.05) is 74.5 Å². The number of hydrogen-bond acceptors (Lipinski definition) is 4. The van der Waals surface area contributed by atoms with Crippen molar-refractivity contribution >= 4 is 34.8 Å². The maximum Gasteiger partial charge on any atom is 0.234 e. The molecule has 6 atom stereocenters. The zero-order valence-corrected chi connectivity index (χ0v) is 26.0. The van der Waals surface area contributed by atoms with E-state index in [0.717, 1.165) is 22.3 Å². The smallest absolute Gasteiger partial charge is 0.234 e. The van der Waals surface area contributed by atoms with Crippen LogP contribution in [0.1, 0.15) is 79.4 Å². The summed E-state index contributed by atoms with van der Waals surface area (Å²) in [6, 6.07) is 20.1. The average Bonchev–Trinajstić information content (AvgIpc) is 3.40. The van der Waals surface area contributed by atoms with E-state index in [9.17, 15) is 19.2 Å². The largest absolute Gasteiger partial charge is 0.277 e. The van der Waals surface area contributed by atoms with Gasteiger partial charge in [0, 0.05) is 21.9 Å². The first-order valence-electron chi connectivity index (χ1n) is 15.3. The summed E-state index contributed by atoms with van der Waals surface area (Å²) in [6.45, 7) is 15.4. The van der Waals surface area contributed by atoms with Crippen LogP contribution in [-0.4, -0.2) is 44.5 Å². The minimum absolute atomic E-state index is 0.217. The van der Waals surface area contributed by atoms with Crippen molar-refractivity contribution in [2.24, 2.45) is 34.5 Å². The molecule has 3 fully saturated rings. The summed E-state index contributed by atoms with van der Waals surface area (Å²) in [7, 11) is 0. The number of allylic oxidation sites excluding steroid dienone is 2. The van der Waals surface area contributed by atoms with Crippen molar-refractivity contribution in [3.8, 4) is 0 Å². The molecule has 6 heteroatoms. The molecule has 2 aromatic carbocycles. The highest BCUT2D eigenvalue weighted by Gasteiger charge is 2.82. The van der Waals surface area contributed by atoms with Gasteiger partial charge < -0.3 is 0 Å². The van der Waals surface area contributed by atoms with Crippen LogP contribution in [0.3, 0.4) is 0 Å². The molecular formula is C36H42N2O4. The number of imide groups is 2. The number of benzene rings is 2. The predicted octanol–water partition coefficient (Wildman–Crippen LogP) is 6.22. The SMILES string of the molecule is CCC12C(c3ccccc3)=C(c3ccccc3)C(CC)([C@H]3C(=O)N(C(C)(C)C)C(=O)[C@H]31)[C@H]1C(=O)N(C(C)(C)C)C(=O)[C@@H]12. The van der Waals surface area contributed by atoms with Gasteiger partial charge in [-0.05, 0) is 76.7 Å². The van der Waals surface area contributed by atoms with Gasteiger partial charge in [0.05, 0.1) is 23.7 Å². The number of carbonyl (C=O) groups excluding carboxylic acids is 4. The van der Waals surface area contributed by atoms with Crippen LogP contribution in [0.5, 0.6) is 0 Å². The van der Waals surface area contributed by atoms with E-state index >= 15 is 0 Å². The Morgan fingerprint density at radius 2 is 0.786 bits per heavy atom. The Balaban J connectivity index is 1.83. The van der Waals surface area contributed by atoms with Gasteiger partial charge in [-0.3, -0.25) is 29.0 Å². The normalized spacial score (nSPS) is 32.7. The van der Waals surface area contributed by atoms with E-state index < -0.39 is 45.6 Å². The summed E-state index contributed by atoms with van der Waals surface area (Å²) in [4.78, 5) is 61.9. The van der Waals surface area contributed by atoms with Crippen LogP contribution in [0.2, 0.25) is 0 Å². The molecule has 2 unspecified atom stereocenters. The third-order valence-corrected chi connectivity index (χ3v) is 10.6. The highest BCUT2D eigenvalue weighted by molar-refractivity contribution is 6.19. The number of carbonyl (C=O) groups is 4. The van der Waals surface area contributed by atoms with E-state index in [1.54, 1.807) is 0 Å². The molecule has 5 aliphatic rings. The molecule has 1 saturated carbocycles. The standard InChI is InChI=1S/C36H42N2O4/c1-9-35-23(21-17-13-11-14-18-21)24(22-19-15-12-16-20-22)36(10-2,27-25(35)29(39)37(31(27)41)33(3,4)5)28-26(35)30(40)38(32(28)42)34(6,7)8/h11-20,25-28H,9-10H2,1-8H3/t25-,26-,27-,28+,35?,36?/m1/s1. The van der Waals surface area contributed by atoms with Crippen molar-refractivity contribution in [1.82, 2.24) is 9.80 Å². The Labute approximate surface area is 249 Å². The molecule has 7 rings (SSSR count). The Morgan fingerprint density at radius 1 is 0.524 bits per heavy atom. The summed E-state index contributed by atoms with van der Waals surface area (Å²) in [5.74, 6) is -3.83. The second kappa shape index (κ2) is 8.98. The third-order valence-electron chi connectivity index (χ3n) is 10.6. The molecule has 42 heavy (non-hydrogen) atoms. The van der Waals surface area contributed by atoms with Gasteiger partial charge >= 0.3 is 0 Å². The first kappa shape index (κ1) is 28.6. The van der Waals surface area contributed by atoms with Crippen molar-refractivity contribution in [3.63, 3.8) is 0 Å². The topological polar surface area (TPSA) is 74.8 Å². The molecule has 2 bridgehead atoms. The molecule has 0 spiro atoms. The van der Waals surface area contributed by atoms with Crippen molar-refractivity contribution in [3.05, 3.63) is 71.8 Å². The lowest BCUT2D eigenvalue weighted by Crippen LogP contribution is -2.65. The van der Waals surface area contributed by atoms with Crippen LogP contribution >= 0.6 is 0 Å². The predicted molar refractivity (Wildman–Crippen MR) is 162 cm³/mol. The van der Waals surface area contributed by atoms with E-state index in [0.29, 0.717) is 12.8 Å². The molecule has 2 heterocycles. The van der Waals surface area contributed by atoms with E-state index in [2.05, 4.69) is 24.3 Å². The summed E-state index contributed by atoms with van der Waals surface area (Å²) in [5.41, 5.74) is 0.222. The molecule has 0 N–H and O–H groups in total. The second-order valence-corrected chi connectivity index (χ2v) is 14.5. The van der Waals surface area contributed by atoms with Crippen LogP contribution < -0.4 is 0 Å². The second-order valence-electron chi connectivity index (χ2n) is 14.5. The first-order chi connectivity index (χ1) is 19.7. The van der Waals surface area contributed by atoms with Crippen molar-refractivity contribution < 1.29 is 19.2 Å². The molecule has 2 saturated heterocycles. The van der Waals surface area contributed by atoms with Gasteiger partial charge in [-0.25, -0.2) is 0 Å². The van der Waals surface area contributed by atoms with E-state index in [-0.39, 0.29) is 23.6 Å². The zero-order valence-electron chi connectivity index (χ0n) is 26.0. The van der Waals surface area contributed by atoms with Crippen LogP contribution in [0, 0.1) is 34.5 Å². The van der Waals surface area contributed by atoms with Gasteiger partial charge in [-0.2, -0.15) is 0 Å². The van der Waals surface area contributed by atoms with Gasteiger partial charge in [0.15, 0.2) is 0 Å². The fourth-order valence-electron chi connectivity index (χ4n) is 9.48. The maximum absolute atomic E-state index is 14.8. The van der Waals surface area contributed by atoms with E-state index in [1.165, 1.54) is 9.80 Å². The molecular weight excluding hydrogens is 524 g/mol. The van der Waals surface area contributed by atoms with Crippen LogP contribution in [0.15, 0.2) is 60.7 Å². The summed E-state index contributed by atoms with van der Waals surface area (Å²) in [5, 5.41) is 0. The summed E-state index contributed by atoms with van der Waals surface area (Å²) >= 11 is 0. The molecule has 4 amide bonds. The quantitative estimate of drug-likeness (QED) is 0.412. The Morgan fingerprint density at radius 3 is 1.00 bits per heavy atom. The molecule has 0 radical (unpaired) electrons. The first-order valence-corrected chi connectivity index (χ1v) is 15.3. The zero-order chi connectivity index (χ0) is 30.6. The van der Waals surface area contributed by atoms with Gasteiger partial charge in [0.1, 0.15) is 0 Å². The third kappa shape index (κ3) is 3.27. The summed E-state index contributed by atoms with van der Waals surface area (Å²) < 4.78 is 0. The molecule has 220 valence electrons. The summed E-state index contributed by atoms with van der Waals surface area (Å²) in [6.07, 6.45) is 0.896. The maximum atomic E-state index is 14.8. The number of rotatable bonds is 4. The molecule has 3 aliphatic carbocycles. The minimum atomic E-state index is -1.04. The van der Waals surface area contributed by atoms with Crippen molar-refractivity contribution in [2.75, 3.05) is 0 Å². The molecule has 2 aromatic rings. The number of likely N-dealkylation sites (tertiary alicyclic amines) is 2. The van der Waals surface area contributed by atoms with Gasteiger partial charge in [0.25, 0.3) is 0 Å². The lowest BCUT2D eigenvalue weighted by Gasteiger charge is -2.64. The Hall–Kier alpha value is -3.54. The highest BCUT2D eigenvalue weighted by Crippen LogP contribution is 2.78. The molecule has 2 aliphatic heterocycles. The van der Waals surface area contributed by atoms with Crippen LogP contribution in [-0.2, 0) is 19.2 Å². The van der Waals surface area contributed by atoms with E-state index in [4.69, 9.17) is 0 Å². The van der Waals surface area contributed by atoms with Crippen molar-refractivity contribution in [1.29, 1.82) is 0 Å². The number of hydrogen-bond donors (Lipinski definition) is 0. The lowest BCUT2D eigenvalue weighted by molar-refractivity contribution is -0.156. The van der Waals surface area contributed by atoms with E-state index in [1.807, 2.05) is 91.8 Å². The fraction of sp³-hybridized carbons (Fsp3) is 0.500. The Kier molecular flexibility index (Phi) is 6.11. The van der Waals surface area contributed by atoms with Gasteiger partial charge in [-0.15, -0.1) is 0 Å². The monoisotopic (exact) mass is 566 g/mol.